The quantitative estimate of drug-likeness (QED) is 0.226. The second-order valence-corrected chi connectivity index (χ2v) is 4.00. The van der Waals surface area contributed by atoms with Crippen molar-refractivity contribution in [2.24, 2.45) is 5.90 Å². The molecule has 0 rings (SSSR count). The van der Waals surface area contributed by atoms with Crippen molar-refractivity contribution in [3.05, 3.63) is 0 Å². The molecule has 8 nitrogen and oxygen atoms in total. The number of nitrogens with zero attached hydrogens (tertiary/aromatic N) is 1. The van der Waals surface area contributed by atoms with Gasteiger partial charge in [-0.15, -0.1) is 0 Å². The van der Waals surface area contributed by atoms with Crippen molar-refractivity contribution in [1.82, 2.24) is 4.90 Å². The lowest BCUT2D eigenvalue weighted by molar-refractivity contribution is 0.0212. The zero-order chi connectivity index (χ0) is 14.9. The van der Waals surface area contributed by atoms with Gasteiger partial charge < -0.3 is 29.3 Å². The molecular formula is C12H28N2O6. The van der Waals surface area contributed by atoms with Crippen LogP contribution in [0.4, 0.5) is 0 Å². The Morgan fingerprint density at radius 2 is 1.10 bits per heavy atom. The second kappa shape index (κ2) is 16.7. The Kier molecular flexibility index (Phi) is 16.5. The Hall–Kier alpha value is -0.320. The average molecular weight is 296 g/mol. The van der Waals surface area contributed by atoms with E-state index in [1.54, 1.807) is 0 Å². The van der Waals surface area contributed by atoms with Crippen molar-refractivity contribution in [2.45, 2.75) is 0 Å². The van der Waals surface area contributed by atoms with Crippen molar-refractivity contribution in [1.29, 1.82) is 0 Å². The van der Waals surface area contributed by atoms with Crippen LogP contribution >= 0.6 is 0 Å². The Morgan fingerprint density at radius 1 is 0.650 bits per heavy atom. The SMILES string of the molecule is NOCCOCCN(CCOCCO)CCOCCO. The Bertz CT molecular complexity index is 175. The normalized spacial score (nSPS) is 11.4. The van der Waals surface area contributed by atoms with E-state index < -0.39 is 0 Å². The third kappa shape index (κ3) is 14.1. The van der Waals surface area contributed by atoms with Gasteiger partial charge in [-0.2, -0.15) is 0 Å². The van der Waals surface area contributed by atoms with Crippen LogP contribution in [-0.4, -0.2) is 94.2 Å². The molecule has 0 heterocycles. The molecule has 0 aromatic carbocycles. The number of aliphatic hydroxyl groups is 2. The van der Waals surface area contributed by atoms with Crippen molar-refractivity contribution in [3.8, 4) is 0 Å². The number of rotatable bonds is 16. The fourth-order valence-corrected chi connectivity index (χ4v) is 1.46. The van der Waals surface area contributed by atoms with Crippen LogP contribution in [0.25, 0.3) is 0 Å². The van der Waals surface area contributed by atoms with Gasteiger partial charge in [-0.1, -0.05) is 0 Å². The molecule has 122 valence electrons. The predicted octanol–water partition coefficient (Wildman–Crippen LogP) is -1.79. The van der Waals surface area contributed by atoms with E-state index in [1.807, 2.05) is 0 Å². The summed E-state index contributed by atoms with van der Waals surface area (Å²) in [6, 6.07) is 0. The van der Waals surface area contributed by atoms with Gasteiger partial charge in [0, 0.05) is 19.6 Å². The molecular weight excluding hydrogens is 268 g/mol. The largest absolute Gasteiger partial charge is 0.394 e. The molecule has 0 aliphatic carbocycles. The van der Waals surface area contributed by atoms with Gasteiger partial charge in [0.15, 0.2) is 0 Å². The molecule has 4 N–H and O–H groups in total. The molecule has 0 saturated heterocycles. The van der Waals surface area contributed by atoms with Crippen LogP contribution in [0, 0.1) is 0 Å². The molecule has 0 aromatic heterocycles. The maximum absolute atomic E-state index is 8.63. The zero-order valence-electron chi connectivity index (χ0n) is 12.0. The highest BCUT2D eigenvalue weighted by molar-refractivity contribution is 4.57. The molecule has 0 aliphatic rings. The summed E-state index contributed by atoms with van der Waals surface area (Å²) in [6.45, 7) is 5.48. The van der Waals surface area contributed by atoms with Gasteiger partial charge in [0.2, 0.25) is 0 Å². The number of ether oxygens (including phenoxy) is 3. The van der Waals surface area contributed by atoms with E-state index in [4.69, 9.17) is 30.3 Å². The Morgan fingerprint density at radius 3 is 1.50 bits per heavy atom. The standard InChI is InChI=1S/C12H28N2O6/c13-20-12-11-19-8-3-14(1-6-17-9-4-15)2-7-18-10-5-16/h15-16H,1-13H2. The summed E-state index contributed by atoms with van der Waals surface area (Å²) in [4.78, 5) is 6.54. The summed E-state index contributed by atoms with van der Waals surface area (Å²) < 4.78 is 15.8. The number of hydrogen-bond acceptors (Lipinski definition) is 8. The minimum absolute atomic E-state index is 0.0296. The van der Waals surface area contributed by atoms with Crippen LogP contribution in [0.5, 0.6) is 0 Å². The molecule has 20 heavy (non-hydrogen) atoms. The minimum atomic E-state index is 0.0296. The lowest BCUT2D eigenvalue weighted by Crippen LogP contribution is -2.34. The summed E-state index contributed by atoms with van der Waals surface area (Å²) in [5.74, 6) is 4.89. The van der Waals surface area contributed by atoms with E-state index >= 15 is 0 Å². The predicted molar refractivity (Wildman–Crippen MR) is 73.2 cm³/mol. The Balaban J connectivity index is 3.67. The smallest absolute Gasteiger partial charge is 0.0913 e. The molecule has 0 bridgehead atoms. The monoisotopic (exact) mass is 296 g/mol. The first-order valence-corrected chi connectivity index (χ1v) is 6.84. The fourth-order valence-electron chi connectivity index (χ4n) is 1.46. The number of nitrogens with two attached hydrogens (primary N) is 1. The van der Waals surface area contributed by atoms with Gasteiger partial charge in [-0.25, -0.2) is 5.90 Å². The summed E-state index contributed by atoms with van der Waals surface area (Å²) >= 11 is 0. The van der Waals surface area contributed by atoms with Gasteiger partial charge in [0.25, 0.3) is 0 Å². The van der Waals surface area contributed by atoms with Crippen molar-refractivity contribution >= 4 is 0 Å². The summed E-state index contributed by atoms with van der Waals surface area (Å²) in [5.41, 5.74) is 0. The summed E-state index contributed by atoms with van der Waals surface area (Å²) in [5, 5.41) is 17.3. The van der Waals surface area contributed by atoms with Crippen LogP contribution in [0.2, 0.25) is 0 Å². The first-order chi connectivity index (χ1) is 9.85. The first-order valence-electron chi connectivity index (χ1n) is 6.84. The summed E-state index contributed by atoms with van der Waals surface area (Å²) in [6.07, 6.45) is 0. The van der Waals surface area contributed by atoms with Crippen molar-refractivity contribution in [3.63, 3.8) is 0 Å². The van der Waals surface area contributed by atoms with Crippen LogP contribution < -0.4 is 5.90 Å². The molecule has 0 aromatic rings. The first kappa shape index (κ1) is 19.7. The van der Waals surface area contributed by atoms with Crippen molar-refractivity contribution in [2.75, 3.05) is 79.1 Å². The van der Waals surface area contributed by atoms with E-state index in [2.05, 4.69) is 9.74 Å². The van der Waals surface area contributed by atoms with Crippen LogP contribution in [0.15, 0.2) is 0 Å². The molecule has 0 saturated carbocycles. The van der Waals surface area contributed by atoms with E-state index in [-0.39, 0.29) is 13.2 Å². The molecule has 0 amide bonds. The van der Waals surface area contributed by atoms with E-state index in [9.17, 15) is 0 Å². The van der Waals surface area contributed by atoms with Gasteiger partial charge in [0.05, 0.1) is 59.5 Å². The van der Waals surface area contributed by atoms with Gasteiger partial charge >= 0.3 is 0 Å². The fraction of sp³-hybridized carbons (Fsp3) is 1.00. The third-order valence-corrected chi connectivity index (χ3v) is 2.47. The molecule has 0 atom stereocenters. The molecule has 0 spiro atoms. The highest BCUT2D eigenvalue weighted by Gasteiger charge is 2.05. The second-order valence-electron chi connectivity index (χ2n) is 4.00. The lowest BCUT2D eigenvalue weighted by atomic mass is 10.4. The minimum Gasteiger partial charge on any atom is -0.394 e. The highest BCUT2D eigenvalue weighted by Crippen LogP contribution is 1.91. The Labute approximate surface area is 120 Å². The van der Waals surface area contributed by atoms with Gasteiger partial charge in [-0.05, 0) is 0 Å². The van der Waals surface area contributed by atoms with Gasteiger partial charge in [-0.3, -0.25) is 4.90 Å². The molecule has 8 heteroatoms. The van der Waals surface area contributed by atoms with E-state index in [0.717, 1.165) is 19.6 Å². The lowest BCUT2D eigenvalue weighted by Gasteiger charge is -2.22. The van der Waals surface area contributed by atoms with E-state index in [1.165, 1.54) is 0 Å². The maximum Gasteiger partial charge on any atom is 0.0913 e. The highest BCUT2D eigenvalue weighted by atomic mass is 16.6. The summed E-state index contributed by atoms with van der Waals surface area (Å²) in [7, 11) is 0. The molecule has 0 radical (unpaired) electrons. The van der Waals surface area contributed by atoms with Crippen LogP contribution in [0.3, 0.4) is 0 Å². The molecule has 0 fully saturated rings. The molecule has 0 unspecified atom stereocenters. The maximum atomic E-state index is 8.63. The van der Waals surface area contributed by atoms with Crippen molar-refractivity contribution < 1.29 is 29.3 Å². The third-order valence-electron chi connectivity index (χ3n) is 2.47. The van der Waals surface area contributed by atoms with Crippen LogP contribution in [-0.2, 0) is 19.0 Å². The van der Waals surface area contributed by atoms with Crippen LogP contribution in [0.1, 0.15) is 0 Å². The number of hydrogen-bond donors (Lipinski definition) is 3. The average Bonchev–Trinajstić information content (AvgIpc) is 2.47. The van der Waals surface area contributed by atoms with E-state index in [0.29, 0.717) is 46.2 Å². The molecule has 0 aliphatic heterocycles. The number of aliphatic hydroxyl groups excluding tert-OH is 2. The topological polar surface area (TPSA) is 107 Å². The van der Waals surface area contributed by atoms with Gasteiger partial charge in [0.1, 0.15) is 0 Å². The zero-order valence-corrected chi connectivity index (χ0v) is 12.0.